The van der Waals surface area contributed by atoms with Crippen molar-refractivity contribution in [1.29, 1.82) is 0 Å². The molecule has 0 radical (unpaired) electrons. The molecule has 1 saturated carbocycles. The normalized spacial score (nSPS) is 28.1. The average molecular weight is 220 g/mol. The monoisotopic (exact) mass is 220 g/mol. The second kappa shape index (κ2) is 5.09. The van der Waals surface area contributed by atoms with Crippen molar-refractivity contribution in [3.63, 3.8) is 0 Å². The van der Waals surface area contributed by atoms with Crippen LogP contribution in [0.2, 0.25) is 0 Å². The van der Waals surface area contributed by atoms with Crippen LogP contribution in [0.25, 0.3) is 0 Å². The lowest BCUT2D eigenvalue weighted by molar-refractivity contribution is 0.484. The molecule has 3 N–H and O–H groups in total. The maximum atomic E-state index is 10.7. The minimum atomic E-state index is -3.30. The van der Waals surface area contributed by atoms with E-state index in [1.54, 1.807) is 0 Å². The van der Waals surface area contributed by atoms with Crippen molar-refractivity contribution in [3.8, 4) is 0 Å². The topological polar surface area (TPSA) is 72.2 Å². The Morgan fingerprint density at radius 3 is 2.64 bits per heavy atom. The highest BCUT2D eigenvalue weighted by molar-refractivity contribution is 7.89. The smallest absolute Gasteiger partial charge is 0.210 e. The third-order valence-electron chi connectivity index (χ3n) is 2.94. The predicted octanol–water partition coefficient (Wildman–Crippen LogP) is 0.443. The molecule has 2 unspecified atom stereocenters. The van der Waals surface area contributed by atoms with E-state index in [9.17, 15) is 8.42 Å². The van der Waals surface area contributed by atoms with Gasteiger partial charge in [-0.05, 0) is 25.2 Å². The number of nitrogens with one attached hydrogen (secondary N) is 1. The van der Waals surface area contributed by atoms with Gasteiger partial charge in [0.25, 0.3) is 0 Å². The van der Waals surface area contributed by atoms with E-state index in [2.05, 4.69) is 12.2 Å². The van der Waals surface area contributed by atoms with E-state index in [-0.39, 0.29) is 5.75 Å². The van der Waals surface area contributed by atoms with Crippen molar-refractivity contribution in [1.82, 2.24) is 5.32 Å². The molecule has 0 aliphatic heterocycles. The third-order valence-corrected chi connectivity index (χ3v) is 3.71. The van der Waals surface area contributed by atoms with Gasteiger partial charge >= 0.3 is 0 Å². The van der Waals surface area contributed by atoms with Gasteiger partial charge in [-0.1, -0.05) is 13.3 Å². The van der Waals surface area contributed by atoms with E-state index in [1.165, 1.54) is 25.7 Å². The van der Waals surface area contributed by atoms with Crippen molar-refractivity contribution in [2.75, 3.05) is 12.3 Å². The fraction of sp³-hybridized carbons (Fsp3) is 1.00. The molecule has 1 aliphatic rings. The maximum Gasteiger partial charge on any atom is 0.210 e. The molecule has 14 heavy (non-hydrogen) atoms. The molecule has 2 atom stereocenters. The predicted molar refractivity (Wildman–Crippen MR) is 57.4 cm³/mol. The van der Waals surface area contributed by atoms with Gasteiger partial charge in [-0.25, -0.2) is 13.6 Å². The summed E-state index contributed by atoms with van der Waals surface area (Å²) in [6.45, 7) is 2.69. The lowest BCUT2D eigenvalue weighted by atomic mass is 10.1. The van der Waals surface area contributed by atoms with E-state index in [4.69, 9.17) is 5.14 Å². The minimum absolute atomic E-state index is 0.0420. The van der Waals surface area contributed by atoms with Gasteiger partial charge in [-0.2, -0.15) is 0 Å². The van der Waals surface area contributed by atoms with Crippen molar-refractivity contribution in [2.45, 2.75) is 38.6 Å². The summed E-state index contributed by atoms with van der Waals surface area (Å²) >= 11 is 0. The highest BCUT2D eigenvalue weighted by atomic mass is 32.2. The summed E-state index contributed by atoms with van der Waals surface area (Å²) in [6, 6.07) is 0.502. The van der Waals surface area contributed by atoms with Crippen LogP contribution in [0.3, 0.4) is 0 Å². The summed E-state index contributed by atoms with van der Waals surface area (Å²) in [7, 11) is -3.30. The molecular formula is C9H20N2O2S. The van der Waals surface area contributed by atoms with Crippen LogP contribution in [0, 0.1) is 5.92 Å². The molecule has 1 fully saturated rings. The average Bonchev–Trinajstić information content (AvgIpc) is 2.50. The van der Waals surface area contributed by atoms with Gasteiger partial charge in [-0.3, -0.25) is 0 Å². The summed E-state index contributed by atoms with van der Waals surface area (Å²) in [4.78, 5) is 0. The number of hydrogen-bond acceptors (Lipinski definition) is 3. The van der Waals surface area contributed by atoms with E-state index in [0.29, 0.717) is 12.6 Å². The Balaban J connectivity index is 2.15. The van der Waals surface area contributed by atoms with Crippen LogP contribution >= 0.6 is 0 Å². The lowest BCUT2D eigenvalue weighted by Crippen LogP contribution is -2.33. The molecule has 84 valence electrons. The van der Waals surface area contributed by atoms with E-state index in [0.717, 1.165) is 5.92 Å². The largest absolute Gasteiger partial charge is 0.313 e. The third kappa shape index (κ3) is 4.39. The summed E-state index contributed by atoms with van der Waals surface area (Å²) < 4.78 is 21.3. The van der Waals surface area contributed by atoms with Crippen LogP contribution in [-0.2, 0) is 10.0 Å². The van der Waals surface area contributed by atoms with Crippen LogP contribution in [0.5, 0.6) is 0 Å². The first kappa shape index (κ1) is 11.9. The van der Waals surface area contributed by atoms with Gasteiger partial charge in [0.15, 0.2) is 0 Å². The van der Waals surface area contributed by atoms with Crippen LogP contribution in [0.15, 0.2) is 0 Å². The Bertz CT molecular complexity index is 264. The van der Waals surface area contributed by atoms with Gasteiger partial charge in [0.05, 0.1) is 5.75 Å². The number of nitrogens with two attached hydrogens (primary N) is 1. The number of primary sulfonamides is 1. The number of hydrogen-bond donors (Lipinski definition) is 2. The number of sulfonamides is 1. The molecule has 0 bridgehead atoms. The molecule has 1 aliphatic carbocycles. The molecule has 0 spiro atoms. The first-order chi connectivity index (χ1) is 6.51. The fourth-order valence-electron chi connectivity index (χ4n) is 2.04. The van der Waals surface area contributed by atoms with Gasteiger partial charge < -0.3 is 5.32 Å². The van der Waals surface area contributed by atoms with Gasteiger partial charge in [0, 0.05) is 12.6 Å². The standard InChI is InChI=1S/C9H20N2O2S/c1-2-8-3-4-9(7-8)11-5-6-14(10,12)13/h8-9,11H,2-7H2,1H3,(H2,10,12,13). The Kier molecular flexibility index (Phi) is 4.34. The van der Waals surface area contributed by atoms with Gasteiger partial charge in [-0.15, -0.1) is 0 Å². The van der Waals surface area contributed by atoms with Gasteiger partial charge in [0.2, 0.25) is 10.0 Å². The van der Waals surface area contributed by atoms with E-state index >= 15 is 0 Å². The molecule has 0 aromatic heterocycles. The lowest BCUT2D eigenvalue weighted by Gasteiger charge is -2.11. The zero-order chi connectivity index (χ0) is 10.6. The Morgan fingerprint density at radius 2 is 2.14 bits per heavy atom. The zero-order valence-corrected chi connectivity index (χ0v) is 9.52. The number of rotatable bonds is 5. The van der Waals surface area contributed by atoms with Crippen molar-refractivity contribution in [3.05, 3.63) is 0 Å². The van der Waals surface area contributed by atoms with Crippen molar-refractivity contribution >= 4 is 10.0 Å². The molecule has 5 heteroatoms. The molecule has 0 aromatic carbocycles. The highest BCUT2D eigenvalue weighted by Crippen LogP contribution is 2.27. The Labute approximate surface area is 86.3 Å². The Morgan fingerprint density at radius 1 is 1.43 bits per heavy atom. The van der Waals surface area contributed by atoms with Crippen LogP contribution in [0.4, 0.5) is 0 Å². The summed E-state index contributed by atoms with van der Waals surface area (Å²) in [5.41, 5.74) is 0. The summed E-state index contributed by atoms with van der Waals surface area (Å²) in [5.74, 6) is 0.863. The molecule has 0 amide bonds. The van der Waals surface area contributed by atoms with Crippen LogP contribution < -0.4 is 10.5 Å². The first-order valence-corrected chi connectivity index (χ1v) is 6.96. The molecule has 0 heterocycles. The fourth-order valence-corrected chi connectivity index (χ4v) is 2.44. The van der Waals surface area contributed by atoms with Crippen molar-refractivity contribution in [2.24, 2.45) is 11.1 Å². The Hall–Kier alpha value is -0.130. The summed E-state index contributed by atoms with van der Waals surface area (Å²) in [5, 5.41) is 8.15. The molecular weight excluding hydrogens is 200 g/mol. The van der Waals surface area contributed by atoms with E-state index in [1.807, 2.05) is 0 Å². The van der Waals surface area contributed by atoms with E-state index < -0.39 is 10.0 Å². The SMILES string of the molecule is CCC1CCC(NCCS(N)(=O)=O)C1. The molecule has 4 nitrogen and oxygen atoms in total. The summed E-state index contributed by atoms with van der Waals surface area (Å²) in [6.07, 6.45) is 4.85. The minimum Gasteiger partial charge on any atom is -0.313 e. The van der Waals surface area contributed by atoms with Crippen LogP contribution in [-0.4, -0.2) is 26.8 Å². The first-order valence-electron chi connectivity index (χ1n) is 5.25. The van der Waals surface area contributed by atoms with Crippen LogP contribution in [0.1, 0.15) is 32.6 Å². The second-order valence-corrected chi connectivity index (χ2v) is 5.84. The quantitative estimate of drug-likeness (QED) is 0.706. The zero-order valence-electron chi connectivity index (χ0n) is 8.70. The van der Waals surface area contributed by atoms with Gasteiger partial charge in [0.1, 0.15) is 0 Å². The van der Waals surface area contributed by atoms with Crippen molar-refractivity contribution < 1.29 is 8.42 Å². The highest BCUT2D eigenvalue weighted by Gasteiger charge is 2.22. The maximum absolute atomic E-state index is 10.7. The molecule has 1 rings (SSSR count). The second-order valence-electron chi connectivity index (χ2n) is 4.11. The molecule has 0 aromatic rings. The molecule has 0 saturated heterocycles.